The number of aryl methyl sites for hydroxylation is 1. The monoisotopic (exact) mass is 447 g/mol. The van der Waals surface area contributed by atoms with Crippen molar-refractivity contribution in [1.29, 1.82) is 0 Å². The minimum atomic E-state index is -0.196. The molecule has 3 heterocycles. The minimum Gasteiger partial charge on any atom is -0.378 e. The first-order valence-corrected chi connectivity index (χ1v) is 10.9. The van der Waals surface area contributed by atoms with Crippen molar-refractivity contribution in [1.82, 2.24) is 9.88 Å². The molecule has 0 unspecified atom stereocenters. The maximum Gasteiger partial charge on any atom is 0.256 e. The van der Waals surface area contributed by atoms with E-state index in [-0.39, 0.29) is 11.8 Å². The zero-order valence-electron chi connectivity index (χ0n) is 17.6. The van der Waals surface area contributed by atoms with Crippen LogP contribution in [0.3, 0.4) is 0 Å². The molecular formula is C25H22ClN3O3. The lowest BCUT2D eigenvalue weighted by molar-refractivity contribution is -0.110. The number of nitrogens with zero attached hydrogens (tertiary/aromatic N) is 1. The Hall–Kier alpha value is -3.35. The van der Waals surface area contributed by atoms with Gasteiger partial charge in [0.15, 0.2) is 0 Å². The molecule has 7 heteroatoms. The highest BCUT2D eigenvalue weighted by Gasteiger charge is 2.29. The number of anilines is 1. The highest BCUT2D eigenvalue weighted by Crippen LogP contribution is 2.40. The highest BCUT2D eigenvalue weighted by molar-refractivity contribution is 6.36. The van der Waals surface area contributed by atoms with Gasteiger partial charge in [0, 0.05) is 35.1 Å². The molecule has 5 rings (SSSR count). The fourth-order valence-corrected chi connectivity index (χ4v) is 4.37. The van der Waals surface area contributed by atoms with Gasteiger partial charge in [-0.3, -0.25) is 9.59 Å². The Labute approximate surface area is 190 Å². The molecule has 2 aliphatic heterocycles. The normalized spacial score (nSPS) is 16.9. The first-order valence-electron chi connectivity index (χ1n) is 10.5. The number of halogens is 1. The fourth-order valence-electron chi connectivity index (χ4n) is 4.24. The summed E-state index contributed by atoms with van der Waals surface area (Å²) in [4.78, 5) is 31.1. The van der Waals surface area contributed by atoms with Crippen LogP contribution in [-0.2, 0) is 9.53 Å². The van der Waals surface area contributed by atoms with E-state index in [0.29, 0.717) is 48.2 Å². The summed E-state index contributed by atoms with van der Waals surface area (Å²) in [5.74, 6) is -0.257. The van der Waals surface area contributed by atoms with Gasteiger partial charge in [0.05, 0.1) is 30.0 Å². The second-order valence-corrected chi connectivity index (χ2v) is 8.37. The van der Waals surface area contributed by atoms with Crippen LogP contribution in [0.1, 0.15) is 27.3 Å². The van der Waals surface area contributed by atoms with Crippen molar-refractivity contribution in [3.8, 4) is 11.1 Å². The standard InChI is InChI=1S/C25H22ClN3O3/c1-15-13-19(25(31)29-9-11-32-12-10-29)22(27-15)14-20-23-18(16-5-7-17(26)8-6-16)3-2-4-21(23)28-24(20)30/h2-8,13-14,27H,9-12H2,1H3,(H,28,30). The number of carbonyl (C=O) groups excluding carboxylic acids is 2. The average molecular weight is 448 g/mol. The summed E-state index contributed by atoms with van der Waals surface area (Å²) < 4.78 is 5.37. The quantitative estimate of drug-likeness (QED) is 0.576. The molecule has 32 heavy (non-hydrogen) atoms. The van der Waals surface area contributed by atoms with Gasteiger partial charge >= 0.3 is 0 Å². The van der Waals surface area contributed by atoms with E-state index in [1.165, 1.54) is 0 Å². The molecule has 1 saturated heterocycles. The van der Waals surface area contributed by atoms with Crippen LogP contribution in [0.15, 0.2) is 48.5 Å². The van der Waals surface area contributed by atoms with Crippen LogP contribution in [0, 0.1) is 6.92 Å². The van der Waals surface area contributed by atoms with Gasteiger partial charge in [-0.2, -0.15) is 0 Å². The summed E-state index contributed by atoms with van der Waals surface area (Å²) >= 11 is 6.06. The molecule has 0 atom stereocenters. The largest absolute Gasteiger partial charge is 0.378 e. The van der Waals surface area contributed by atoms with Gasteiger partial charge in [-0.05, 0) is 48.4 Å². The number of aromatic amines is 1. The molecule has 0 aliphatic carbocycles. The first-order chi connectivity index (χ1) is 15.5. The predicted octanol–water partition coefficient (Wildman–Crippen LogP) is 4.61. The van der Waals surface area contributed by atoms with Gasteiger partial charge in [0.1, 0.15) is 0 Å². The number of hydrogen-bond donors (Lipinski definition) is 2. The molecule has 0 saturated carbocycles. The van der Waals surface area contributed by atoms with Gasteiger partial charge < -0.3 is 19.9 Å². The molecule has 0 bridgehead atoms. The summed E-state index contributed by atoms with van der Waals surface area (Å²) in [7, 11) is 0. The summed E-state index contributed by atoms with van der Waals surface area (Å²) in [6.45, 7) is 4.09. The van der Waals surface area contributed by atoms with Gasteiger partial charge in [0.2, 0.25) is 0 Å². The van der Waals surface area contributed by atoms with E-state index in [9.17, 15) is 9.59 Å². The maximum absolute atomic E-state index is 13.2. The summed E-state index contributed by atoms with van der Waals surface area (Å²) in [6.07, 6.45) is 1.78. The Balaban J connectivity index is 1.59. The van der Waals surface area contributed by atoms with E-state index in [1.54, 1.807) is 11.0 Å². The summed E-state index contributed by atoms with van der Waals surface area (Å²) in [5.41, 5.74) is 6.01. The number of ether oxygens (including phenoxy) is 1. The molecule has 162 valence electrons. The van der Waals surface area contributed by atoms with Crippen molar-refractivity contribution >= 4 is 40.8 Å². The number of carbonyl (C=O) groups is 2. The van der Waals surface area contributed by atoms with Crippen molar-refractivity contribution in [2.24, 2.45) is 0 Å². The van der Waals surface area contributed by atoms with Crippen molar-refractivity contribution in [2.75, 3.05) is 31.6 Å². The Kier molecular flexibility index (Phi) is 5.33. The summed E-state index contributed by atoms with van der Waals surface area (Å²) in [6, 6.07) is 15.1. The Morgan fingerprint density at radius 2 is 1.88 bits per heavy atom. The molecule has 2 aromatic carbocycles. The lowest BCUT2D eigenvalue weighted by atomic mass is 9.94. The third-order valence-corrected chi connectivity index (χ3v) is 6.03. The number of hydrogen-bond acceptors (Lipinski definition) is 3. The second kappa shape index (κ2) is 8.30. The second-order valence-electron chi connectivity index (χ2n) is 7.93. The first kappa shape index (κ1) is 20.5. The van der Waals surface area contributed by atoms with Crippen LogP contribution in [0.25, 0.3) is 22.8 Å². The van der Waals surface area contributed by atoms with E-state index in [4.69, 9.17) is 16.3 Å². The van der Waals surface area contributed by atoms with Crippen LogP contribution in [-0.4, -0.2) is 48.0 Å². The number of morpholine rings is 1. The number of rotatable bonds is 3. The molecular weight excluding hydrogens is 426 g/mol. The average Bonchev–Trinajstić information content (AvgIpc) is 3.33. The fraction of sp³-hybridized carbons (Fsp3) is 0.200. The topological polar surface area (TPSA) is 74.4 Å². The molecule has 2 amide bonds. The number of amides is 2. The molecule has 1 fully saturated rings. The molecule has 6 nitrogen and oxygen atoms in total. The van der Waals surface area contributed by atoms with Crippen molar-refractivity contribution in [3.63, 3.8) is 0 Å². The molecule has 1 aromatic heterocycles. The summed E-state index contributed by atoms with van der Waals surface area (Å²) in [5, 5.41) is 3.60. The van der Waals surface area contributed by atoms with E-state index < -0.39 is 0 Å². The van der Waals surface area contributed by atoms with Crippen LogP contribution in [0.5, 0.6) is 0 Å². The van der Waals surface area contributed by atoms with E-state index in [1.807, 2.05) is 55.5 Å². The van der Waals surface area contributed by atoms with Gasteiger partial charge in [0.25, 0.3) is 11.8 Å². The number of benzene rings is 2. The maximum atomic E-state index is 13.2. The molecule has 3 aromatic rings. The highest BCUT2D eigenvalue weighted by atomic mass is 35.5. The number of aromatic nitrogens is 1. The minimum absolute atomic E-state index is 0.0610. The molecule has 2 aliphatic rings. The van der Waals surface area contributed by atoms with Gasteiger partial charge in [-0.25, -0.2) is 0 Å². The zero-order valence-corrected chi connectivity index (χ0v) is 18.3. The predicted molar refractivity (Wildman–Crippen MR) is 126 cm³/mol. The van der Waals surface area contributed by atoms with Crippen molar-refractivity contribution in [3.05, 3.63) is 76.1 Å². The van der Waals surface area contributed by atoms with Crippen LogP contribution in [0.4, 0.5) is 5.69 Å². The number of fused-ring (bicyclic) bond motifs is 1. The lowest BCUT2D eigenvalue weighted by Gasteiger charge is -2.26. The van der Waals surface area contributed by atoms with E-state index in [0.717, 1.165) is 28.1 Å². The molecule has 0 radical (unpaired) electrons. The number of nitrogens with one attached hydrogen (secondary N) is 2. The Morgan fingerprint density at radius 1 is 1.12 bits per heavy atom. The Morgan fingerprint density at radius 3 is 2.62 bits per heavy atom. The van der Waals surface area contributed by atoms with Crippen molar-refractivity contribution in [2.45, 2.75) is 6.92 Å². The van der Waals surface area contributed by atoms with Crippen LogP contribution in [0.2, 0.25) is 5.02 Å². The Bertz CT molecular complexity index is 1240. The lowest BCUT2D eigenvalue weighted by Crippen LogP contribution is -2.40. The van der Waals surface area contributed by atoms with E-state index >= 15 is 0 Å². The zero-order chi connectivity index (χ0) is 22.2. The van der Waals surface area contributed by atoms with Crippen LogP contribution >= 0.6 is 11.6 Å². The van der Waals surface area contributed by atoms with Crippen LogP contribution < -0.4 is 5.32 Å². The third kappa shape index (κ3) is 3.72. The molecule has 2 N–H and O–H groups in total. The third-order valence-electron chi connectivity index (χ3n) is 5.78. The SMILES string of the molecule is Cc1cc(C(=O)N2CCOCC2)c(C=C2C(=O)Nc3cccc(-c4ccc(Cl)cc4)c32)[nH]1. The number of H-pyrrole nitrogens is 1. The van der Waals surface area contributed by atoms with Gasteiger partial charge in [-0.15, -0.1) is 0 Å². The van der Waals surface area contributed by atoms with Gasteiger partial charge in [-0.1, -0.05) is 35.9 Å². The van der Waals surface area contributed by atoms with E-state index in [2.05, 4.69) is 10.3 Å². The van der Waals surface area contributed by atoms with Crippen molar-refractivity contribution < 1.29 is 14.3 Å². The smallest absolute Gasteiger partial charge is 0.256 e. The molecule has 0 spiro atoms.